The molecule has 3 aliphatic heterocycles. The van der Waals surface area contributed by atoms with Crippen LogP contribution >= 0.6 is 0 Å². The van der Waals surface area contributed by atoms with Gasteiger partial charge in [0.2, 0.25) is 5.91 Å². The van der Waals surface area contributed by atoms with Crippen molar-refractivity contribution in [1.29, 1.82) is 0 Å². The number of carbonyl (C=O) groups excluding carboxylic acids is 2. The molecular formula is C16H17NO4. The van der Waals surface area contributed by atoms with Gasteiger partial charge in [0.1, 0.15) is 0 Å². The molecule has 1 saturated carbocycles. The number of nitrogens with zero attached hydrogens (tertiary/aromatic N) is 1. The number of cyclic esters (lactones) is 1. The van der Waals surface area contributed by atoms with Gasteiger partial charge in [0.05, 0.1) is 24.2 Å². The summed E-state index contributed by atoms with van der Waals surface area (Å²) in [5, 5.41) is 0. The Hall–Kier alpha value is -1.62. The fraction of sp³-hybridized carbons (Fsp3) is 0.625. The first-order valence-corrected chi connectivity index (χ1v) is 7.55. The van der Waals surface area contributed by atoms with E-state index in [2.05, 4.69) is 0 Å². The molecule has 0 N–H and O–H groups in total. The Bertz CT molecular complexity index is 638. The minimum absolute atomic E-state index is 0.00282. The summed E-state index contributed by atoms with van der Waals surface area (Å²) in [6, 6.07) is 0. The molecule has 2 aliphatic carbocycles. The number of fused-ring (bicyclic) bond motifs is 1. The molecule has 3 heterocycles. The zero-order valence-corrected chi connectivity index (χ0v) is 11.9. The van der Waals surface area contributed by atoms with Gasteiger partial charge in [-0.2, -0.15) is 0 Å². The molecular weight excluding hydrogens is 270 g/mol. The first kappa shape index (κ1) is 12.0. The maximum absolute atomic E-state index is 12.4. The zero-order chi connectivity index (χ0) is 14.4. The standard InChI is InChI=1S/C16H17NO4/c1-20-10-3-2-9-6-11(18)17-5-4-15-8-21-14(19)12(15)13(15)16(9,17)7-10/h2-3,6,10,12-13H,4-5,7-8H2,1H3/t10-,12+,13+,15-,16-/m0/s1. The van der Waals surface area contributed by atoms with Gasteiger partial charge in [0, 0.05) is 37.5 Å². The van der Waals surface area contributed by atoms with E-state index in [0.29, 0.717) is 13.2 Å². The minimum atomic E-state index is -0.338. The summed E-state index contributed by atoms with van der Waals surface area (Å²) in [5.74, 6) is 0.194. The van der Waals surface area contributed by atoms with Crippen molar-refractivity contribution < 1.29 is 19.1 Å². The fourth-order valence-corrected chi connectivity index (χ4v) is 5.43. The van der Waals surface area contributed by atoms with Crippen LogP contribution in [-0.4, -0.2) is 48.7 Å². The molecule has 110 valence electrons. The number of hydrogen-bond donors (Lipinski definition) is 0. The summed E-state index contributed by atoms with van der Waals surface area (Å²) in [5.41, 5.74) is 0.697. The second-order valence-electron chi connectivity index (χ2n) is 6.90. The smallest absolute Gasteiger partial charge is 0.310 e. The molecule has 5 nitrogen and oxygen atoms in total. The normalized spacial score (nSPS) is 49.1. The van der Waals surface area contributed by atoms with E-state index < -0.39 is 0 Å². The first-order chi connectivity index (χ1) is 10.1. The lowest BCUT2D eigenvalue weighted by Gasteiger charge is -2.49. The van der Waals surface area contributed by atoms with Gasteiger partial charge in [-0.3, -0.25) is 9.59 Å². The van der Waals surface area contributed by atoms with Gasteiger partial charge in [-0.25, -0.2) is 0 Å². The second-order valence-corrected chi connectivity index (χ2v) is 6.90. The molecule has 21 heavy (non-hydrogen) atoms. The van der Waals surface area contributed by atoms with Crippen LogP contribution in [0.2, 0.25) is 0 Å². The van der Waals surface area contributed by atoms with Gasteiger partial charge in [-0.05, 0) is 12.0 Å². The summed E-state index contributed by atoms with van der Waals surface area (Å²) in [4.78, 5) is 26.4. The van der Waals surface area contributed by atoms with Crippen molar-refractivity contribution in [3.8, 4) is 0 Å². The molecule has 0 aromatic rings. The van der Waals surface area contributed by atoms with E-state index in [0.717, 1.165) is 18.4 Å². The van der Waals surface area contributed by atoms with Crippen molar-refractivity contribution in [2.45, 2.75) is 24.5 Å². The average Bonchev–Trinajstić information content (AvgIpc) is 2.95. The molecule has 0 radical (unpaired) electrons. The predicted octanol–water partition coefficient (Wildman–Crippen LogP) is 0.662. The highest BCUT2D eigenvalue weighted by molar-refractivity contribution is 5.95. The van der Waals surface area contributed by atoms with Gasteiger partial charge < -0.3 is 14.4 Å². The second kappa shape index (κ2) is 3.40. The van der Waals surface area contributed by atoms with E-state index in [-0.39, 0.29) is 40.8 Å². The van der Waals surface area contributed by atoms with Crippen molar-refractivity contribution in [1.82, 2.24) is 4.90 Å². The highest BCUT2D eigenvalue weighted by Crippen LogP contribution is 2.75. The molecule has 5 aliphatic rings. The summed E-state index contributed by atoms with van der Waals surface area (Å²) in [6.45, 7) is 1.24. The molecule has 1 amide bonds. The average molecular weight is 287 g/mol. The number of esters is 1. The molecule has 5 rings (SSSR count). The summed E-state index contributed by atoms with van der Waals surface area (Å²) >= 11 is 0. The third kappa shape index (κ3) is 1.12. The summed E-state index contributed by atoms with van der Waals surface area (Å²) < 4.78 is 10.8. The molecule has 0 aromatic heterocycles. The molecule has 3 fully saturated rings. The molecule has 0 unspecified atom stereocenters. The molecule has 5 heteroatoms. The fourth-order valence-electron chi connectivity index (χ4n) is 5.43. The Morgan fingerprint density at radius 1 is 1.43 bits per heavy atom. The Kier molecular flexibility index (Phi) is 1.94. The van der Waals surface area contributed by atoms with Gasteiger partial charge in [-0.15, -0.1) is 0 Å². The summed E-state index contributed by atoms with van der Waals surface area (Å²) in [6.07, 6.45) is 7.43. The molecule has 5 atom stereocenters. The summed E-state index contributed by atoms with van der Waals surface area (Å²) in [7, 11) is 1.70. The first-order valence-electron chi connectivity index (χ1n) is 7.55. The van der Waals surface area contributed by atoms with Gasteiger partial charge in [0.15, 0.2) is 0 Å². The molecule has 0 bridgehead atoms. The number of amides is 1. The lowest BCUT2D eigenvalue weighted by molar-refractivity contribution is -0.146. The van der Waals surface area contributed by atoms with Crippen molar-refractivity contribution in [3.05, 3.63) is 23.8 Å². The Morgan fingerprint density at radius 2 is 2.29 bits per heavy atom. The van der Waals surface area contributed by atoms with E-state index in [4.69, 9.17) is 9.47 Å². The largest absolute Gasteiger partial charge is 0.465 e. The molecule has 2 spiro atoms. The van der Waals surface area contributed by atoms with Crippen LogP contribution in [-0.2, 0) is 19.1 Å². The van der Waals surface area contributed by atoms with Crippen molar-refractivity contribution >= 4 is 11.9 Å². The Morgan fingerprint density at radius 3 is 3.10 bits per heavy atom. The van der Waals surface area contributed by atoms with Crippen LogP contribution in [0.4, 0.5) is 0 Å². The van der Waals surface area contributed by atoms with E-state index in [1.807, 2.05) is 17.1 Å². The number of methoxy groups -OCH3 is 1. The van der Waals surface area contributed by atoms with Crippen molar-refractivity contribution in [3.63, 3.8) is 0 Å². The van der Waals surface area contributed by atoms with Crippen LogP contribution in [0, 0.1) is 17.3 Å². The van der Waals surface area contributed by atoms with Crippen LogP contribution < -0.4 is 0 Å². The molecule has 2 saturated heterocycles. The van der Waals surface area contributed by atoms with Gasteiger partial charge in [0.25, 0.3) is 0 Å². The number of hydrogen-bond acceptors (Lipinski definition) is 4. The Balaban J connectivity index is 1.66. The van der Waals surface area contributed by atoms with Crippen LogP contribution in [0.3, 0.4) is 0 Å². The molecule has 0 aromatic carbocycles. The highest BCUT2D eigenvalue weighted by atomic mass is 16.5. The maximum atomic E-state index is 12.4. The van der Waals surface area contributed by atoms with E-state index in [9.17, 15) is 9.59 Å². The van der Waals surface area contributed by atoms with Gasteiger partial charge in [-0.1, -0.05) is 12.2 Å². The minimum Gasteiger partial charge on any atom is -0.465 e. The monoisotopic (exact) mass is 287 g/mol. The van der Waals surface area contributed by atoms with Gasteiger partial charge >= 0.3 is 5.97 Å². The third-order valence-electron chi connectivity index (χ3n) is 6.35. The lowest BCUT2D eigenvalue weighted by atomic mass is 9.71. The van der Waals surface area contributed by atoms with Crippen LogP contribution in [0.25, 0.3) is 0 Å². The van der Waals surface area contributed by atoms with Crippen LogP contribution in [0.5, 0.6) is 0 Å². The lowest BCUT2D eigenvalue weighted by Crippen LogP contribution is -2.58. The number of piperidine rings is 1. The van der Waals surface area contributed by atoms with Crippen LogP contribution in [0.1, 0.15) is 12.8 Å². The Labute approximate surface area is 122 Å². The predicted molar refractivity (Wildman–Crippen MR) is 72.1 cm³/mol. The third-order valence-corrected chi connectivity index (χ3v) is 6.35. The number of rotatable bonds is 1. The highest BCUT2D eigenvalue weighted by Gasteiger charge is 2.82. The van der Waals surface area contributed by atoms with Crippen molar-refractivity contribution in [2.75, 3.05) is 20.3 Å². The van der Waals surface area contributed by atoms with Crippen LogP contribution in [0.15, 0.2) is 23.8 Å². The zero-order valence-electron chi connectivity index (χ0n) is 11.9. The SMILES string of the molecule is CO[C@H]1C=CC2=CC(=O)N3CC[C@]45COC(=O)[C@H]4[C@H]5[C@]23C1. The van der Waals surface area contributed by atoms with Crippen molar-refractivity contribution in [2.24, 2.45) is 17.3 Å². The maximum Gasteiger partial charge on any atom is 0.310 e. The van der Waals surface area contributed by atoms with E-state index in [1.165, 1.54) is 0 Å². The van der Waals surface area contributed by atoms with E-state index in [1.54, 1.807) is 13.2 Å². The topological polar surface area (TPSA) is 55.8 Å². The number of carbonyl (C=O) groups is 2. The quantitative estimate of drug-likeness (QED) is 0.665. The van der Waals surface area contributed by atoms with E-state index >= 15 is 0 Å². The number of ether oxygens (including phenoxy) is 2.